The Morgan fingerprint density at radius 2 is 2.00 bits per heavy atom. The molecule has 2 heterocycles. The molecule has 1 aromatic carbocycles. The number of nitrogens with zero attached hydrogens (tertiary/aromatic N) is 3. The van der Waals surface area contributed by atoms with E-state index in [9.17, 15) is 10.1 Å². The van der Waals surface area contributed by atoms with Crippen LogP contribution in [0.15, 0.2) is 36.7 Å². The molecule has 2 N–H and O–H groups in total. The number of nitriles is 1. The molecule has 0 bridgehead atoms. The van der Waals surface area contributed by atoms with Gasteiger partial charge >= 0.3 is 0 Å². The number of hydrogen-bond donors (Lipinski definition) is 1. The third-order valence-electron chi connectivity index (χ3n) is 3.89. The van der Waals surface area contributed by atoms with E-state index in [-0.39, 0.29) is 0 Å². The zero-order valence-corrected chi connectivity index (χ0v) is 12.3. The summed E-state index contributed by atoms with van der Waals surface area (Å²) >= 11 is 0. The first-order valence-electron chi connectivity index (χ1n) is 6.78. The molecule has 0 saturated carbocycles. The summed E-state index contributed by atoms with van der Waals surface area (Å²) in [4.78, 5) is 15.8. The van der Waals surface area contributed by atoms with Crippen LogP contribution in [0, 0.1) is 18.3 Å². The molecule has 108 valence electrons. The van der Waals surface area contributed by atoms with E-state index in [0.29, 0.717) is 11.3 Å². The lowest BCUT2D eigenvalue weighted by Crippen LogP contribution is -2.16. The molecule has 1 amide bonds. The Morgan fingerprint density at radius 1 is 1.32 bits per heavy atom. The van der Waals surface area contributed by atoms with Crippen molar-refractivity contribution in [2.24, 2.45) is 12.8 Å². The zero-order chi connectivity index (χ0) is 15.9. The van der Waals surface area contributed by atoms with Crippen molar-refractivity contribution in [1.82, 2.24) is 9.55 Å². The number of aromatic nitrogens is 2. The predicted molar refractivity (Wildman–Crippen MR) is 84.1 cm³/mol. The van der Waals surface area contributed by atoms with Crippen molar-refractivity contribution < 1.29 is 4.79 Å². The van der Waals surface area contributed by atoms with Gasteiger partial charge in [0.25, 0.3) is 5.91 Å². The number of fused-ring (bicyclic) bond motifs is 1. The average molecular weight is 290 g/mol. The lowest BCUT2D eigenvalue weighted by molar-refractivity contribution is 0.0992. The van der Waals surface area contributed by atoms with Crippen molar-refractivity contribution >= 4 is 16.8 Å². The summed E-state index contributed by atoms with van der Waals surface area (Å²) in [5.41, 5.74) is 10.0. The number of primary amides is 1. The van der Waals surface area contributed by atoms with Gasteiger partial charge in [-0.1, -0.05) is 0 Å². The first-order chi connectivity index (χ1) is 10.5. The molecule has 3 rings (SSSR count). The standard InChI is InChI=1S/C17H14N4O/c1-10-13-7-11(9-18)8-14(12-3-5-20-6-4-12)16(13)21(2)15(10)17(19)22/h3-8H,1-2H3,(H2,19,22). The second-order valence-electron chi connectivity index (χ2n) is 5.16. The number of carbonyl (C=O) groups excluding carboxylic acids is 1. The number of carbonyl (C=O) groups is 1. The van der Waals surface area contributed by atoms with Crippen LogP contribution >= 0.6 is 0 Å². The molecule has 5 nitrogen and oxygen atoms in total. The van der Waals surface area contributed by atoms with Gasteiger partial charge in [-0.3, -0.25) is 9.78 Å². The van der Waals surface area contributed by atoms with Crippen LogP contribution < -0.4 is 5.73 Å². The van der Waals surface area contributed by atoms with Gasteiger partial charge < -0.3 is 10.3 Å². The molecule has 0 spiro atoms. The molecule has 3 aromatic rings. The second kappa shape index (κ2) is 5.01. The van der Waals surface area contributed by atoms with E-state index < -0.39 is 5.91 Å². The normalized spacial score (nSPS) is 10.6. The quantitative estimate of drug-likeness (QED) is 0.787. The van der Waals surface area contributed by atoms with Crippen molar-refractivity contribution in [3.63, 3.8) is 0 Å². The Bertz CT molecular complexity index is 933. The smallest absolute Gasteiger partial charge is 0.265 e. The molecule has 0 radical (unpaired) electrons. The molecule has 0 fully saturated rings. The number of pyridine rings is 1. The van der Waals surface area contributed by atoms with Crippen LogP contribution in [-0.4, -0.2) is 15.5 Å². The minimum absolute atomic E-state index is 0.459. The summed E-state index contributed by atoms with van der Waals surface area (Å²) in [6.45, 7) is 1.85. The van der Waals surface area contributed by atoms with Crippen LogP contribution in [0.3, 0.4) is 0 Å². The van der Waals surface area contributed by atoms with Crippen molar-refractivity contribution in [2.75, 3.05) is 0 Å². The SMILES string of the molecule is Cc1c(C(N)=O)n(C)c2c(-c3ccncc3)cc(C#N)cc12. The molecule has 0 aliphatic heterocycles. The fourth-order valence-electron chi connectivity index (χ4n) is 2.94. The molecular weight excluding hydrogens is 276 g/mol. The van der Waals surface area contributed by atoms with E-state index in [1.165, 1.54) is 0 Å². The van der Waals surface area contributed by atoms with E-state index in [4.69, 9.17) is 5.73 Å². The maximum Gasteiger partial charge on any atom is 0.265 e. The molecular formula is C17H14N4O. The number of amides is 1. The van der Waals surface area contributed by atoms with Gasteiger partial charge in [0.15, 0.2) is 0 Å². The van der Waals surface area contributed by atoms with Crippen LogP contribution in [0.2, 0.25) is 0 Å². The summed E-state index contributed by atoms with van der Waals surface area (Å²) in [6.07, 6.45) is 3.40. The van der Waals surface area contributed by atoms with Gasteiger partial charge in [-0.15, -0.1) is 0 Å². The zero-order valence-electron chi connectivity index (χ0n) is 12.3. The van der Waals surface area contributed by atoms with E-state index in [1.54, 1.807) is 23.0 Å². The molecule has 0 saturated heterocycles. The topological polar surface area (TPSA) is 84.7 Å². The third kappa shape index (κ3) is 1.93. The summed E-state index contributed by atoms with van der Waals surface area (Å²) in [5, 5.41) is 10.1. The summed E-state index contributed by atoms with van der Waals surface area (Å²) in [5.74, 6) is -0.476. The fourth-order valence-corrected chi connectivity index (χ4v) is 2.94. The van der Waals surface area contributed by atoms with Crippen LogP contribution in [-0.2, 0) is 7.05 Å². The van der Waals surface area contributed by atoms with Crippen LogP contribution in [0.4, 0.5) is 0 Å². The Morgan fingerprint density at radius 3 is 2.59 bits per heavy atom. The molecule has 0 atom stereocenters. The average Bonchev–Trinajstić information content (AvgIpc) is 2.78. The van der Waals surface area contributed by atoms with Gasteiger partial charge in [0, 0.05) is 30.4 Å². The Kier molecular flexibility index (Phi) is 3.15. The van der Waals surface area contributed by atoms with Gasteiger partial charge in [-0.2, -0.15) is 5.26 Å². The number of nitrogens with two attached hydrogens (primary N) is 1. The minimum Gasteiger partial charge on any atom is -0.364 e. The first-order valence-corrected chi connectivity index (χ1v) is 6.78. The highest BCUT2D eigenvalue weighted by atomic mass is 16.1. The molecule has 0 aliphatic rings. The molecule has 22 heavy (non-hydrogen) atoms. The van der Waals surface area contributed by atoms with E-state index in [2.05, 4.69) is 11.1 Å². The highest BCUT2D eigenvalue weighted by Gasteiger charge is 2.19. The number of hydrogen-bond acceptors (Lipinski definition) is 3. The maximum absolute atomic E-state index is 11.7. The number of aryl methyl sites for hydroxylation is 2. The maximum atomic E-state index is 11.7. The molecule has 5 heteroatoms. The van der Waals surface area contributed by atoms with E-state index >= 15 is 0 Å². The molecule has 0 unspecified atom stereocenters. The van der Waals surface area contributed by atoms with Crippen molar-refractivity contribution in [3.05, 3.63) is 53.5 Å². The highest BCUT2D eigenvalue weighted by Crippen LogP contribution is 2.34. The highest BCUT2D eigenvalue weighted by molar-refractivity contribution is 6.05. The summed E-state index contributed by atoms with van der Waals surface area (Å²) < 4.78 is 1.80. The second-order valence-corrected chi connectivity index (χ2v) is 5.16. The van der Waals surface area contributed by atoms with Gasteiger partial charge in [0.1, 0.15) is 5.69 Å². The summed E-state index contributed by atoms with van der Waals surface area (Å²) in [6, 6.07) is 9.54. The first kappa shape index (κ1) is 13.8. The van der Waals surface area contributed by atoms with Crippen LogP contribution in [0.1, 0.15) is 21.6 Å². The number of benzene rings is 1. The van der Waals surface area contributed by atoms with Crippen LogP contribution in [0.5, 0.6) is 0 Å². The monoisotopic (exact) mass is 290 g/mol. The molecule has 2 aromatic heterocycles. The Balaban J connectivity index is 2.49. The van der Waals surface area contributed by atoms with Gasteiger partial charge in [0.2, 0.25) is 0 Å². The van der Waals surface area contributed by atoms with Gasteiger partial charge in [0.05, 0.1) is 17.1 Å². The van der Waals surface area contributed by atoms with Gasteiger partial charge in [-0.25, -0.2) is 0 Å². The van der Waals surface area contributed by atoms with Gasteiger partial charge in [-0.05, 0) is 42.3 Å². The Hall–Kier alpha value is -3.13. The van der Waals surface area contributed by atoms with Crippen LogP contribution in [0.25, 0.3) is 22.0 Å². The van der Waals surface area contributed by atoms with E-state index in [1.807, 2.05) is 32.2 Å². The van der Waals surface area contributed by atoms with Crippen molar-refractivity contribution in [2.45, 2.75) is 6.92 Å². The Labute approximate surface area is 127 Å². The van der Waals surface area contributed by atoms with Crippen molar-refractivity contribution in [3.8, 4) is 17.2 Å². The van der Waals surface area contributed by atoms with Crippen molar-refractivity contribution in [1.29, 1.82) is 5.26 Å². The molecule has 0 aliphatic carbocycles. The lowest BCUT2D eigenvalue weighted by Gasteiger charge is -2.08. The fraction of sp³-hybridized carbons (Fsp3) is 0.118. The largest absolute Gasteiger partial charge is 0.364 e. The summed E-state index contributed by atoms with van der Waals surface area (Å²) in [7, 11) is 1.81. The minimum atomic E-state index is -0.476. The lowest BCUT2D eigenvalue weighted by atomic mass is 9.99. The predicted octanol–water partition coefficient (Wildman–Crippen LogP) is 2.52. The van der Waals surface area contributed by atoms with E-state index in [0.717, 1.165) is 27.6 Å². The third-order valence-corrected chi connectivity index (χ3v) is 3.89. The number of rotatable bonds is 2.